The number of fused-ring (bicyclic) bond motifs is 8. The van der Waals surface area contributed by atoms with Crippen molar-refractivity contribution in [2.45, 2.75) is 13.8 Å². The minimum Gasteiger partial charge on any atom is -0.354 e. The molecule has 2 aliphatic rings. The van der Waals surface area contributed by atoms with Crippen LogP contribution in [0.1, 0.15) is 33.9 Å². The van der Waals surface area contributed by atoms with Crippen LogP contribution in [0, 0.1) is 19.7 Å². The maximum Gasteiger partial charge on any atom is 0.126 e. The van der Waals surface area contributed by atoms with Crippen LogP contribution < -0.4 is 0 Å². The third-order valence-corrected chi connectivity index (χ3v) is 9.67. The summed E-state index contributed by atoms with van der Waals surface area (Å²) in [6.07, 6.45) is 8.36. The molecular formula is C46H33FN4. The van der Waals surface area contributed by atoms with Crippen molar-refractivity contribution in [1.82, 2.24) is 19.9 Å². The minimum absolute atomic E-state index is 0.238. The maximum atomic E-state index is 14.6. The molecule has 2 N–H and O–H groups in total. The van der Waals surface area contributed by atoms with E-state index in [-0.39, 0.29) is 5.82 Å². The first-order chi connectivity index (χ1) is 25.0. The Morgan fingerprint density at radius 3 is 1.20 bits per heavy atom. The number of rotatable bonds is 4. The topological polar surface area (TPSA) is 57.4 Å². The highest BCUT2D eigenvalue weighted by molar-refractivity contribution is 5.99. The zero-order chi connectivity index (χ0) is 34.5. The number of aryl methyl sites for hydroxylation is 2. The van der Waals surface area contributed by atoms with Crippen LogP contribution in [0.5, 0.6) is 0 Å². The molecule has 0 atom stereocenters. The quantitative estimate of drug-likeness (QED) is 0.197. The first-order valence-corrected chi connectivity index (χ1v) is 17.1. The van der Waals surface area contributed by atoms with Crippen LogP contribution >= 0.6 is 0 Å². The van der Waals surface area contributed by atoms with Gasteiger partial charge in [0.1, 0.15) is 5.82 Å². The summed E-state index contributed by atoms with van der Waals surface area (Å²) in [5.41, 5.74) is 16.8. The summed E-state index contributed by atoms with van der Waals surface area (Å²) < 4.78 is 14.6. The van der Waals surface area contributed by atoms with Gasteiger partial charge in [-0.1, -0.05) is 96.6 Å². The molecule has 9 rings (SSSR count). The van der Waals surface area contributed by atoms with Crippen LogP contribution in [0.2, 0.25) is 0 Å². The second-order valence-electron chi connectivity index (χ2n) is 13.1. The molecule has 3 aromatic heterocycles. The fraction of sp³-hybridized carbons (Fsp3) is 0.0435. The summed E-state index contributed by atoms with van der Waals surface area (Å²) in [7, 11) is 0. The third kappa shape index (κ3) is 5.49. The highest BCUT2D eigenvalue weighted by Gasteiger charge is 2.19. The number of nitrogens with one attached hydrogen (secondary N) is 2. The van der Waals surface area contributed by atoms with Crippen molar-refractivity contribution >= 4 is 46.4 Å². The second kappa shape index (κ2) is 12.4. The largest absolute Gasteiger partial charge is 0.354 e. The van der Waals surface area contributed by atoms with Gasteiger partial charge < -0.3 is 9.97 Å². The van der Waals surface area contributed by atoms with E-state index >= 15 is 0 Å². The molecule has 0 saturated heterocycles. The van der Waals surface area contributed by atoms with Crippen molar-refractivity contribution in [3.63, 3.8) is 0 Å². The molecule has 8 bridgehead atoms. The zero-order valence-corrected chi connectivity index (χ0v) is 28.2. The summed E-state index contributed by atoms with van der Waals surface area (Å²) in [5.74, 6) is -0.238. The van der Waals surface area contributed by atoms with Gasteiger partial charge in [0.05, 0.1) is 22.8 Å². The summed E-state index contributed by atoms with van der Waals surface area (Å²) in [6, 6.07) is 43.1. The monoisotopic (exact) mass is 660 g/mol. The lowest BCUT2D eigenvalue weighted by Gasteiger charge is -2.07. The molecule has 0 aliphatic carbocycles. The van der Waals surface area contributed by atoms with Crippen molar-refractivity contribution in [3.05, 3.63) is 167 Å². The van der Waals surface area contributed by atoms with E-state index in [0.29, 0.717) is 5.56 Å². The smallest absolute Gasteiger partial charge is 0.126 e. The van der Waals surface area contributed by atoms with Gasteiger partial charge in [-0.05, 0) is 102 Å². The first kappa shape index (κ1) is 30.5. The van der Waals surface area contributed by atoms with Gasteiger partial charge in [0.15, 0.2) is 0 Å². The Balaban J connectivity index is 1.48. The third-order valence-electron chi connectivity index (χ3n) is 9.67. The molecule has 5 heteroatoms. The maximum absolute atomic E-state index is 14.6. The number of aromatic nitrogens is 4. The SMILES string of the molecule is Cc1ccc(-c2c3nc(c(-c4ccccc4)c4ccc([nH]4)c(-c4ccc(F)c(C)c4)c4nc(c(-c5ccccc5)c5ccc2[nH]5)C=C4)C=C3)cc1. The van der Waals surface area contributed by atoms with Gasteiger partial charge in [0.25, 0.3) is 0 Å². The zero-order valence-electron chi connectivity index (χ0n) is 28.2. The van der Waals surface area contributed by atoms with Gasteiger partial charge in [-0.15, -0.1) is 0 Å². The normalized spacial score (nSPS) is 12.1. The number of H-pyrrole nitrogens is 2. The number of hydrogen-bond acceptors (Lipinski definition) is 2. The fourth-order valence-corrected chi connectivity index (χ4v) is 7.15. The number of halogens is 1. The molecule has 0 saturated carbocycles. The summed E-state index contributed by atoms with van der Waals surface area (Å²) in [5, 5.41) is 0. The van der Waals surface area contributed by atoms with Crippen molar-refractivity contribution in [2.75, 3.05) is 0 Å². The van der Waals surface area contributed by atoms with Crippen molar-refractivity contribution < 1.29 is 4.39 Å². The van der Waals surface area contributed by atoms with Crippen LogP contribution in [-0.4, -0.2) is 19.9 Å². The van der Waals surface area contributed by atoms with Crippen molar-refractivity contribution in [2.24, 2.45) is 0 Å². The second-order valence-corrected chi connectivity index (χ2v) is 13.1. The molecule has 2 aliphatic heterocycles. The molecule has 0 amide bonds. The Bertz CT molecular complexity index is 2660. The van der Waals surface area contributed by atoms with E-state index < -0.39 is 0 Å². The first-order valence-electron chi connectivity index (χ1n) is 17.1. The molecular weight excluding hydrogens is 628 g/mol. The molecule has 0 spiro atoms. The Labute approximate surface area is 295 Å². The summed E-state index contributed by atoms with van der Waals surface area (Å²) in [6.45, 7) is 3.90. The van der Waals surface area contributed by atoms with Crippen LogP contribution in [0.4, 0.5) is 4.39 Å². The molecule has 0 fully saturated rings. The van der Waals surface area contributed by atoms with Crippen LogP contribution in [-0.2, 0) is 0 Å². The minimum atomic E-state index is -0.238. The summed E-state index contributed by atoms with van der Waals surface area (Å²) in [4.78, 5) is 18.2. The van der Waals surface area contributed by atoms with E-state index in [2.05, 4.69) is 138 Å². The van der Waals surface area contributed by atoms with E-state index in [1.165, 1.54) is 11.6 Å². The van der Waals surface area contributed by atoms with E-state index in [0.717, 1.165) is 89.4 Å². The van der Waals surface area contributed by atoms with E-state index in [4.69, 9.17) is 9.97 Å². The van der Waals surface area contributed by atoms with Crippen LogP contribution in [0.25, 0.3) is 90.9 Å². The number of aromatic amines is 2. The molecule has 4 aromatic carbocycles. The lowest BCUT2D eigenvalue weighted by Crippen LogP contribution is -1.90. The van der Waals surface area contributed by atoms with E-state index in [9.17, 15) is 4.39 Å². The average molecular weight is 661 g/mol. The number of benzene rings is 4. The molecule has 51 heavy (non-hydrogen) atoms. The Morgan fingerprint density at radius 2 is 0.784 bits per heavy atom. The van der Waals surface area contributed by atoms with Gasteiger partial charge in [-0.2, -0.15) is 0 Å². The van der Waals surface area contributed by atoms with Crippen molar-refractivity contribution in [1.29, 1.82) is 0 Å². The van der Waals surface area contributed by atoms with Gasteiger partial charge in [-0.25, -0.2) is 14.4 Å². The highest BCUT2D eigenvalue weighted by Crippen LogP contribution is 2.38. The fourth-order valence-electron chi connectivity index (χ4n) is 7.15. The highest BCUT2D eigenvalue weighted by atomic mass is 19.1. The molecule has 0 radical (unpaired) electrons. The van der Waals surface area contributed by atoms with E-state index in [1.807, 2.05) is 24.3 Å². The van der Waals surface area contributed by atoms with E-state index in [1.54, 1.807) is 6.92 Å². The number of hydrogen-bond donors (Lipinski definition) is 2. The van der Waals surface area contributed by atoms with Gasteiger partial charge in [0.2, 0.25) is 0 Å². The molecule has 0 unspecified atom stereocenters. The predicted octanol–water partition coefficient (Wildman–Crippen LogP) is 12.1. The van der Waals surface area contributed by atoms with Gasteiger partial charge in [-0.3, -0.25) is 0 Å². The average Bonchev–Trinajstić information content (AvgIpc) is 3.99. The Morgan fingerprint density at radius 1 is 0.412 bits per heavy atom. The molecule has 7 aromatic rings. The molecule has 4 nitrogen and oxygen atoms in total. The van der Waals surface area contributed by atoms with Crippen molar-refractivity contribution in [3.8, 4) is 44.5 Å². The predicted molar refractivity (Wildman–Crippen MR) is 210 cm³/mol. The lowest BCUT2D eigenvalue weighted by molar-refractivity contribution is 0.619. The van der Waals surface area contributed by atoms with Gasteiger partial charge >= 0.3 is 0 Å². The van der Waals surface area contributed by atoms with Crippen LogP contribution in [0.15, 0.2) is 127 Å². The Hall–Kier alpha value is -6.59. The summed E-state index contributed by atoms with van der Waals surface area (Å²) >= 11 is 0. The standard InChI is InChI=1S/C46H33FN4/c1-28-13-15-32(16-14-28)45-39-21-19-35(48-39)43(30-9-5-3-6-10-30)37-23-25-41(50-37)46(33-17-18-34(47)29(2)27-33)42-26-24-38(51-42)44(31-11-7-4-8-12-31)36-20-22-40(45)49-36/h3-27,48,51H,1-2H3. The number of nitrogens with zero attached hydrogens (tertiary/aromatic N) is 2. The molecule has 5 heterocycles. The lowest BCUT2D eigenvalue weighted by atomic mass is 10.0. The van der Waals surface area contributed by atoms with Gasteiger partial charge in [0, 0.05) is 44.3 Å². The van der Waals surface area contributed by atoms with Crippen LogP contribution in [0.3, 0.4) is 0 Å². The molecule has 244 valence electrons. The Kier molecular flexibility index (Phi) is 7.40.